The molecule has 0 amide bonds. The van der Waals surface area contributed by atoms with Crippen LogP contribution in [0.25, 0.3) is 0 Å². The maximum Gasteiger partial charge on any atom is 0.272 e. The summed E-state index contributed by atoms with van der Waals surface area (Å²) in [5.74, 6) is -0.610. The van der Waals surface area contributed by atoms with Crippen LogP contribution in [-0.4, -0.2) is 9.91 Å². The molecule has 0 spiro atoms. The van der Waals surface area contributed by atoms with E-state index in [1.54, 1.807) is 6.20 Å². The molecule has 0 radical (unpaired) electrons. The fourth-order valence-corrected chi connectivity index (χ4v) is 1.85. The maximum absolute atomic E-state index is 13.3. The molecule has 0 aliphatic carbocycles. The molecule has 0 saturated carbocycles. The topological polar surface area (TPSA) is 68.1 Å². The van der Waals surface area contributed by atoms with Gasteiger partial charge in [0.25, 0.3) is 5.69 Å². The predicted molar refractivity (Wildman–Crippen MR) is 72.5 cm³/mol. The van der Waals surface area contributed by atoms with E-state index in [0.29, 0.717) is 12.1 Å². The summed E-state index contributed by atoms with van der Waals surface area (Å²) in [6.07, 6.45) is 1.69. The first-order valence-electron chi connectivity index (χ1n) is 6.14. The SMILES string of the molecule is C[C@H](NCc1cc(F)cc([N+](=O)[O-])c1)c1ccccn1. The minimum Gasteiger partial charge on any atom is -0.305 e. The summed E-state index contributed by atoms with van der Waals surface area (Å²) in [6.45, 7) is 2.26. The van der Waals surface area contributed by atoms with Crippen molar-refractivity contribution in [3.05, 3.63) is 69.8 Å². The van der Waals surface area contributed by atoms with Gasteiger partial charge in [0.2, 0.25) is 0 Å². The molecule has 1 aromatic heterocycles. The molecule has 0 bridgehead atoms. The summed E-state index contributed by atoms with van der Waals surface area (Å²) in [5.41, 5.74) is 1.14. The van der Waals surface area contributed by atoms with Gasteiger partial charge in [0.05, 0.1) is 16.7 Å². The molecule has 0 saturated heterocycles. The van der Waals surface area contributed by atoms with E-state index in [1.165, 1.54) is 12.1 Å². The van der Waals surface area contributed by atoms with Crippen molar-refractivity contribution in [2.45, 2.75) is 19.5 Å². The summed E-state index contributed by atoms with van der Waals surface area (Å²) in [6, 6.07) is 9.11. The first-order chi connectivity index (χ1) is 9.56. The number of non-ortho nitro benzene ring substituents is 1. The number of nitrogens with zero attached hydrogens (tertiary/aromatic N) is 2. The number of nitrogens with one attached hydrogen (secondary N) is 1. The Morgan fingerprint density at radius 3 is 2.85 bits per heavy atom. The zero-order valence-corrected chi connectivity index (χ0v) is 10.9. The van der Waals surface area contributed by atoms with E-state index in [4.69, 9.17) is 0 Å². The van der Waals surface area contributed by atoms with Gasteiger partial charge in [-0.25, -0.2) is 4.39 Å². The molecule has 0 aliphatic rings. The Morgan fingerprint density at radius 2 is 2.20 bits per heavy atom. The molecule has 1 N–H and O–H groups in total. The molecule has 1 heterocycles. The van der Waals surface area contributed by atoms with Gasteiger partial charge in [0.1, 0.15) is 5.82 Å². The second kappa shape index (κ2) is 6.21. The average molecular weight is 275 g/mol. The lowest BCUT2D eigenvalue weighted by Crippen LogP contribution is -2.19. The van der Waals surface area contributed by atoms with Crippen LogP contribution >= 0.6 is 0 Å². The molecular weight excluding hydrogens is 261 g/mol. The van der Waals surface area contributed by atoms with Crippen LogP contribution < -0.4 is 5.32 Å². The van der Waals surface area contributed by atoms with Crippen molar-refractivity contribution in [1.29, 1.82) is 0 Å². The summed E-state index contributed by atoms with van der Waals surface area (Å²) in [5, 5.41) is 13.8. The van der Waals surface area contributed by atoms with Crippen molar-refractivity contribution in [2.24, 2.45) is 0 Å². The van der Waals surface area contributed by atoms with Crippen LogP contribution in [0.2, 0.25) is 0 Å². The molecule has 0 fully saturated rings. The predicted octanol–water partition coefficient (Wildman–Crippen LogP) is 2.98. The lowest BCUT2D eigenvalue weighted by molar-refractivity contribution is -0.385. The zero-order chi connectivity index (χ0) is 14.5. The van der Waals surface area contributed by atoms with Gasteiger partial charge in [0.15, 0.2) is 0 Å². The highest BCUT2D eigenvalue weighted by Gasteiger charge is 2.11. The quantitative estimate of drug-likeness (QED) is 0.672. The molecule has 5 nitrogen and oxygen atoms in total. The summed E-state index contributed by atoms with van der Waals surface area (Å²) >= 11 is 0. The number of nitro groups is 1. The minimum atomic E-state index is -0.610. The van der Waals surface area contributed by atoms with E-state index >= 15 is 0 Å². The minimum absolute atomic E-state index is 0.0291. The van der Waals surface area contributed by atoms with E-state index in [-0.39, 0.29) is 11.7 Å². The van der Waals surface area contributed by atoms with Crippen LogP contribution in [0.4, 0.5) is 10.1 Å². The van der Waals surface area contributed by atoms with Crippen molar-refractivity contribution < 1.29 is 9.31 Å². The van der Waals surface area contributed by atoms with Crippen molar-refractivity contribution in [2.75, 3.05) is 0 Å². The monoisotopic (exact) mass is 275 g/mol. The molecule has 0 unspecified atom stereocenters. The van der Waals surface area contributed by atoms with Gasteiger partial charge in [-0.05, 0) is 30.7 Å². The smallest absolute Gasteiger partial charge is 0.272 e. The van der Waals surface area contributed by atoms with Crippen molar-refractivity contribution >= 4 is 5.69 Å². The van der Waals surface area contributed by atoms with Crippen LogP contribution in [0.5, 0.6) is 0 Å². The fourth-order valence-electron chi connectivity index (χ4n) is 1.85. The number of halogens is 1. The van der Waals surface area contributed by atoms with Crippen molar-refractivity contribution in [3.63, 3.8) is 0 Å². The summed E-state index contributed by atoms with van der Waals surface area (Å²) < 4.78 is 13.3. The number of hydrogen-bond acceptors (Lipinski definition) is 4. The molecular formula is C14H14FN3O2. The van der Waals surface area contributed by atoms with Gasteiger partial charge in [-0.3, -0.25) is 15.1 Å². The van der Waals surface area contributed by atoms with Crippen molar-refractivity contribution in [3.8, 4) is 0 Å². The Morgan fingerprint density at radius 1 is 1.40 bits per heavy atom. The Kier molecular flexibility index (Phi) is 4.37. The van der Waals surface area contributed by atoms with E-state index in [0.717, 1.165) is 11.8 Å². The third-order valence-corrected chi connectivity index (χ3v) is 2.90. The molecule has 2 aromatic rings. The number of hydrogen-bond donors (Lipinski definition) is 1. The molecule has 104 valence electrons. The van der Waals surface area contributed by atoms with Gasteiger partial charge in [-0.2, -0.15) is 0 Å². The van der Waals surface area contributed by atoms with Gasteiger partial charge >= 0.3 is 0 Å². The third-order valence-electron chi connectivity index (χ3n) is 2.90. The van der Waals surface area contributed by atoms with E-state index in [2.05, 4.69) is 10.3 Å². The highest BCUT2D eigenvalue weighted by Crippen LogP contribution is 2.17. The number of rotatable bonds is 5. The van der Waals surface area contributed by atoms with Crippen LogP contribution in [0.3, 0.4) is 0 Å². The van der Waals surface area contributed by atoms with Gasteiger partial charge in [0, 0.05) is 24.8 Å². The fraction of sp³-hybridized carbons (Fsp3) is 0.214. The Hall–Kier alpha value is -2.34. The summed E-state index contributed by atoms with van der Waals surface area (Å²) in [7, 11) is 0. The normalized spacial score (nSPS) is 12.1. The lowest BCUT2D eigenvalue weighted by Gasteiger charge is -2.13. The average Bonchev–Trinajstić information content (AvgIpc) is 2.45. The highest BCUT2D eigenvalue weighted by molar-refractivity contribution is 5.35. The van der Waals surface area contributed by atoms with E-state index in [9.17, 15) is 14.5 Å². The second-order valence-electron chi connectivity index (χ2n) is 4.43. The standard InChI is InChI=1S/C14H14FN3O2/c1-10(14-4-2-3-5-16-14)17-9-11-6-12(15)8-13(7-11)18(19)20/h2-8,10,17H,9H2,1H3/t10-/m0/s1. The summed E-state index contributed by atoms with van der Waals surface area (Å²) in [4.78, 5) is 14.3. The van der Waals surface area contributed by atoms with Crippen LogP contribution in [0.1, 0.15) is 24.2 Å². The van der Waals surface area contributed by atoms with Crippen LogP contribution in [0, 0.1) is 15.9 Å². The van der Waals surface area contributed by atoms with E-state index in [1.807, 2.05) is 25.1 Å². The largest absolute Gasteiger partial charge is 0.305 e. The Bertz CT molecular complexity index is 605. The molecule has 0 aliphatic heterocycles. The maximum atomic E-state index is 13.3. The highest BCUT2D eigenvalue weighted by atomic mass is 19.1. The van der Waals surface area contributed by atoms with Crippen LogP contribution in [0.15, 0.2) is 42.6 Å². The van der Waals surface area contributed by atoms with Gasteiger partial charge in [-0.1, -0.05) is 6.07 Å². The first kappa shape index (κ1) is 14.1. The number of pyridine rings is 1. The van der Waals surface area contributed by atoms with Gasteiger partial charge < -0.3 is 5.32 Å². The van der Waals surface area contributed by atoms with Crippen molar-refractivity contribution in [1.82, 2.24) is 10.3 Å². The molecule has 20 heavy (non-hydrogen) atoms. The molecule has 1 atom stereocenters. The number of aromatic nitrogens is 1. The molecule has 1 aromatic carbocycles. The number of benzene rings is 1. The Balaban J connectivity index is 2.06. The molecule has 2 rings (SSSR count). The van der Waals surface area contributed by atoms with Gasteiger partial charge in [-0.15, -0.1) is 0 Å². The number of nitro benzene ring substituents is 1. The Labute approximate surface area is 115 Å². The zero-order valence-electron chi connectivity index (χ0n) is 10.9. The lowest BCUT2D eigenvalue weighted by atomic mass is 10.1. The third kappa shape index (κ3) is 3.58. The first-order valence-corrected chi connectivity index (χ1v) is 6.14. The van der Waals surface area contributed by atoms with E-state index < -0.39 is 10.7 Å². The van der Waals surface area contributed by atoms with Crippen LogP contribution in [-0.2, 0) is 6.54 Å². The molecule has 6 heteroatoms. The second-order valence-corrected chi connectivity index (χ2v) is 4.43.